The lowest BCUT2D eigenvalue weighted by Crippen LogP contribution is -2.00. The first-order valence-electron chi connectivity index (χ1n) is 7.88. The molecule has 1 aliphatic rings. The molecule has 1 aliphatic heterocycles. The summed E-state index contributed by atoms with van der Waals surface area (Å²) in [4.78, 5) is 12.7. The van der Waals surface area contributed by atoms with Crippen molar-refractivity contribution in [3.05, 3.63) is 52.8 Å². The van der Waals surface area contributed by atoms with Gasteiger partial charge in [-0.15, -0.1) is 0 Å². The molecule has 0 aliphatic carbocycles. The third kappa shape index (κ3) is 3.20. The molecule has 2 aromatic carbocycles. The van der Waals surface area contributed by atoms with Gasteiger partial charge in [0.05, 0.1) is 19.8 Å². The summed E-state index contributed by atoms with van der Waals surface area (Å²) in [6, 6.07) is 10.5. The topological polar surface area (TPSA) is 77.8 Å². The van der Waals surface area contributed by atoms with Crippen LogP contribution in [0.15, 0.2) is 36.1 Å². The Morgan fingerprint density at radius 3 is 2.65 bits per heavy atom. The number of ketones is 1. The van der Waals surface area contributed by atoms with Gasteiger partial charge in [0.2, 0.25) is 5.78 Å². The number of nitriles is 1. The molecule has 2 aromatic rings. The normalized spacial score (nSPS) is 13.8. The number of carbonyl (C=O) groups excluding carboxylic acids is 1. The number of carbonyl (C=O) groups is 1. The van der Waals surface area contributed by atoms with Gasteiger partial charge in [0.15, 0.2) is 12.4 Å². The van der Waals surface area contributed by atoms with E-state index in [1.165, 1.54) is 0 Å². The second-order valence-corrected chi connectivity index (χ2v) is 5.61. The maximum absolute atomic E-state index is 12.7. The summed E-state index contributed by atoms with van der Waals surface area (Å²) in [5.74, 6) is 2.12. The van der Waals surface area contributed by atoms with E-state index >= 15 is 0 Å². The fourth-order valence-corrected chi connectivity index (χ4v) is 2.76. The molecule has 0 atom stereocenters. The zero-order valence-electron chi connectivity index (χ0n) is 14.7. The van der Waals surface area contributed by atoms with E-state index in [0.29, 0.717) is 34.1 Å². The zero-order valence-corrected chi connectivity index (χ0v) is 14.7. The van der Waals surface area contributed by atoms with Crippen molar-refractivity contribution >= 4 is 11.9 Å². The van der Waals surface area contributed by atoms with Gasteiger partial charge in [-0.05, 0) is 36.8 Å². The van der Waals surface area contributed by atoms with Crippen LogP contribution in [-0.2, 0) is 0 Å². The Hall–Kier alpha value is -3.46. The molecule has 26 heavy (non-hydrogen) atoms. The predicted molar refractivity (Wildman–Crippen MR) is 94.8 cm³/mol. The summed E-state index contributed by atoms with van der Waals surface area (Å²) in [5, 5.41) is 8.64. The van der Waals surface area contributed by atoms with E-state index in [0.717, 1.165) is 5.56 Å². The van der Waals surface area contributed by atoms with E-state index in [9.17, 15) is 4.79 Å². The van der Waals surface area contributed by atoms with Crippen molar-refractivity contribution < 1.29 is 23.7 Å². The van der Waals surface area contributed by atoms with Crippen molar-refractivity contribution in [2.24, 2.45) is 0 Å². The molecular weight excluding hydrogens is 334 g/mol. The second-order valence-electron chi connectivity index (χ2n) is 5.61. The van der Waals surface area contributed by atoms with E-state index in [1.54, 1.807) is 57.6 Å². The highest BCUT2D eigenvalue weighted by Gasteiger charge is 2.30. The maximum Gasteiger partial charge on any atom is 0.232 e. The third-order valence-corrected chi connectivity index (χ3v) is 3.97. The highest BCUT2D eigenvalue weighted by atomic mass is 16.5. The number of allylic oxidation sites excluding steroid dienone is 1. The summed E-state index contributed by atoms with van der Waals surface area (Å²) in [7, 11) is 3.12. The molecule has 0 amide bonds. The summed E-state index contributed by atoms with van der Waals surface area (Å²) < 4.78 is 21.6. The zero-order chi connectivity index (χ0) is 18.7. The molecule has 6 heteroatoms. The summed E-state index contributed by atoms with van der Waals surface area (Å²) in [6.45, 7) is 1.73. The van der Waals surface area contributed by atoms with Crippen LogP contribution in [0.1, 0.15) is 21.5 Å². The molecule has 0 unspecified atom stereocenters. The molecule has 0 radical (unpaired) electrons. The Balaban J connectivity index is 1.96. The lowest BCUT2D eigenvalue weighted by Gasteiger charge is -2.08. The number of methoxy groups -OCH3 is 2. The fraction of sp³-hybridized carbons (Fsp3) is 0.200. The first-order chi connectivity index (χ1) is 12.6. The molecule has 0 bridgehead atoms. The van der Waals surface area contributed by atoms with E-state index in [1.807, 2.05) is 6.07 Å². The lowest BCUT2D eigenvalue weighted by atomic mass is 10.0. The van der Waals surface area contributed by atoms with Gasteiger partial charge in [-0.25, -0.2) is 0 Å². The average Bonchev–Trinajstić information content (AvgIpc) is 2.96. The fourth-order valence-electron chi connectivity index (χ4n) is 2.76. The van der Waals surface area contributed by atoms with Crippen LogP contribution in [0.3, 0.4) is 0 Å². The van der Waals surface area contributed by atoms with Crippen LogP contribution in [0.4, 0.5) is 0 Å². The van der Waals surface area contributed by atoms with Gasteiger partial charge in [0, 0.05) is 17.7 Å². The molecule has 1 heterocycles. The quantitative estimate of drug-likeness (QED) is 0.767. The van der Waals surface area contributed by atoms with Crippen LogP contribution in [0.2, 0.25) is 0 Å². The molecule has 0 saturated heterocycles. The van der Waals surface area contributed by atoms with Crippen LogP contribution in [0.5, 0.6) is 23.0 Å². The minimum absolute atomic E-state index is 0.0715. The van der Waals surface area contributed by atoms with Crippen LogP contribution >= 0.6 is 0 Å². The van der Waals surface area contributed by atoms with E-state index in [4.69, 9.17) is 24.2 Å². The van der Waals surface area contributed by atoms with Crippen LogP contribution < -0.4 is 18.9 Å². The number of nitrogens with zero attached hydrogens (tertiary/aromatic N) is 1. The highest BCUT2D eigenvalue weighted by molar-refractivity contribution is 6.15. The number of hydrogen-bond acceptors (Lipinski definition) is 6. The summed E-state index contributed by atoms with van der Waals surface area (Å²) in [5.41, 5.74) is 1.92. The van der Waals surface area contributed by atoms with Crippen molar-refractivity contribution in [2.45, 2.75) is 6.92 Å². The highest BCUT2D eigenvalue weighted by Crippen LogP contribution is 2.38. The predicted octanol–water partition coefficient (Wildman–Crippen LogP) is 3.53. The van der Waals surface area contributed by atoms with Gasteiger partial charge in [-0.2, -0.15) is 5.26 Å². The van der Waals surface area contributed by atoms with Gasteiger partial charge >= 0.3 is 0 Å². The van der Waals surface area contributed by atoms with Crippen LogP contribution in [0, 0.1) is 18.3 Å². The Morgan fingerprint density at radius 1 is 1.15 bits per heavy atom. The van der Waals surface area contributed by atoms with E-state index in [-0.39, 0.29) is 18.1 Å². The van der Waals surface area contributed by atoms with Gasteiger partial charge in [0.1, 0.15) is 29.1 Å². The van der Waals surface area contributed by atoms with Crippen LogP contribution in [0.25, 0.3) is 6.08 Å². The number of ether oxygens (including phenoxy) is 4. The first kappa shape index (κ1) is 17.4. The van der Waals surface area contributed by atoms with Crippen molar-refractivity contribution in [3.63, 3.8) is 0 Å². The molecule has 0 N–H and O–H groups in total. The van der Waals surface area contributed by atoms with Crippen LogP contribution in [-0.4, -0.2) is 26.6 Å². The smallest absolute Gasteiger partial charge is 0.232 e. The van der Waals surface area contributed by atoms with Gasteiger partial charge in [-0.1, -0.05) is 0 Å². The minimum Gasteiger partial charge on any atom is -0.497 e. The van der Waals surface area contributed by atoms with Gasteiger partial charge < -0.3 is 18.9 Å². The Labute approximate surface area is 151 Å². The summed E-state index contributed by atoms with van der Waals surface area (Å²) in [6.07, 6.45) is 1.63. The number of fused-ring (bicyclic) bond motifs is 1. The Bertz CT molecular complexity index is 940. The molecule has 0 spiro atoms. The average molecular weight is 351 g/mol. The lowest BCUT2D eigenvalue weighted by molar-refractivity contribution is 0.101. The molecule has 6 nitrogen and oxygen atoms in total. The number of benzene rings is 2. The number of rotatable bonds is 5. The number of Topliss-reactive ketones (excluding diaryl/α,β-unsaturated/α-hetero) is 1. The first-order valence-corrected chi connectivity index (χ1v) is 7.88. The van der Waals surface area contributed by atoms with Crippen molar-refractivity contribution in [2.75, 3.05) is 20.8 Å². The Morgan fingerprint density at radius 2 is 1.96 bits per heavy atom. The van der Waals surface area contributed by atoms with E-state index < -0.39 is 0 Å². The second kappa shape index (κ2) is 7.19. The van der Waals surface area contributed by atoms with Crippen molar-refractivity contribution in [1.29, 1.82) is 5.26 Å². The molecular formula is C20H17NO5. The molecule has 3 rings (SSSR count). The molecule has 132 valence electrons. The molecule has 0 aromatic heterocycles. The van der Waals surface area contributed by atoms with Gasteiger partial charge in [0.25, 0.3) is 0 Å². The van der Waals surface area contributed by atoms with Crippen molar-refractivity contribution in [1.82, 2.24) is 0 Å². The van der Waals surface area contributed by atoms with E-state index in [2.05, 4.69) is 0 Å². The standard InChI is InChI=1S/C20H17NO5/c1-12-8-15(25-7-6-21)11-17-19(12)20(22)18(26-17)9-13-4-5-14(23-2)10-16(13)24-3/h4-5,8-11H,7H2,1-3H3/b18-9-. The third-order valence-electron chi connectivity index (χ3n) is 3.97. The number of aryl methyl sites for hydroxylation is 1. The van der Waals surface area contributed by atoms with Crippen molar-refractivity contribution in [3.8, 4) is 29.1 Å². The minimum atomic E-state index is -0.206. The maximum atomic E-state index is 12.7. The molecule has 0 fully saturated rings. The molecule has 0 saturated carbocycles. The Kier molecular flexibility index (Phi) is 4.81. The monoisotopic (exact) mass is 351 g/mol. The number of hydrogen-bond donors (Lipinski definition) is 0. The SMILES string of the molecule is COc1ccc(/C=C2\Oc3cc(OCC#N)cc(C)c3C2=O)c(OC)c1. The summed E-state index contributed by atoms with van der Waals surface area (Å²) >= 11 is 0. The van der Waals surface area contributed by atoms with Gasteiger partial charge in [-0.3, -0.25) is 4.79 Å². The largest absolute Gasteiger partial charge is 0.497 e.